The number of carboxylic acid groups (broad SMARTS) is 1. The number of carboxylic acids is 1. The molecule has 0 aliphatic rings. The highest BCUT2D eigenvalue weighted by molar-refractivity contribution is 14.1. The fourth-order valence-electron chi connectivity index (χ4n) is 1.34. The average molecular weight is 375 g/mol. The maximum absolute atomic E-state index is 10.4. The smallest absolute Gasteiger partial charge is 0.328 e. The van der Waals surface area contributed by atoms with Gasteiger partial charge in [0.05, 0.1) is 3.57 Å². The minimum atomic E-state index is -0.970. The number of carbonyl (C=O) groups is 1. The van der Waals surface area contributed by atoms with E-state index < -0.39 is 5.97 Å². The highest BCUT2D eigenvalue weighted by Crippen LogP contribution is 2.17. The molecule has 0 saturated carbocycles. The lowest BCUT2D eigenvalue weighted by Crippen LogP contribution is -2.34. The van der Waals surface area contributed by atoms with E-state index in [0.717, 1.165) is 34.0 Å². The van der Waals surface area contributed by atoms with E-state index >= 15 is 0 Å². The molecule has 0 fully saturated rings. The Morgan fingerprint density at radius 1 is 1.63 bits per heavy atom. The van der Waals surface area contributed by atoms with Gasteiger partial charge in [-0.25, -0.2) is 9.78 Å². The molecule has 1 aromatic heterocycles. The van der Waals surface area contributed by atoms with Crippen molar-refractivity contribution in [2.24, 2.45) is 5.73 Å². The molecular formula is C13H18IN3O2. The lowest BCUT2D eigenvalue weighted by molar-refractivity contribution is -0.131. The topological polar surface area (TPSA) is 88.2 Å². The number of nitrogens with zero attached hydrogens (tertiary/aromatic N) is 1. The molecule has 4 N–H and O–H groups in total. The van der Waals surface area contributed by atoms with Gasteiger partial charge >= 0.3 is 5.97 Å². The predicted octanol–water partition coefficient (Wildman–Crippen LogP) is 2.32. The number of pyridine rings is 1. The summed E-state index contributed by atoms with van der Waals surface area (Å²) in [6.45, 7) is 4.70. The van der Waals surface area contributed by atoms with Crippen molar-refractivity contribution in [2.45, 2.75) is 25.8 Å². The lowest BCUT2D eigenvalue weighted by Gasteiger charge is -2.18. The number of hydrogen-bond donors (Lipinski definition) is 3. The Labute approximate surface area is 126 Å². The summed E-state index contributed by atoms with van der Waals surface area (Å²) in [7, 11) is 0. The first-order valence-corrected chi connectivity index (χ1v) is 6.95. The second-order valence-corrected chi connectivity index (χ2v) is 6.10. The molecule has 1 rings (SSSR count). The first-order chi connectivity index (χ1) is 8.78. The van der Waals surface area contributed by atoms with Gasteiger partial charge in [-0.2, -0.15) is 0 Å². The number of nitrogens with one attached hydrogen (secondary N) is 1. The number of aromatic nitrogens is 1. The molecule has 0 bridgehead atoms. The molecule has 0 radical (unpaired) electrons. The molecule has 0 spiro atoms. The van der Waals surface area contributed by atoms with Gasteiger partial charge in [-0.15, -0.1) is 0 Å². The number of anilines is 1. The van der Waals surface area contributed by atoms with Gasteiger partial charge in [-0.05, 0) is 60.6 Å². The van der Waals surface area contributed by atoms with E-state index in [1.807, 2.05) is 19.9 Å². The van der Waals surface area contributed by atoms with Gasteiger partial charge < -0.3 is 16.2 Å². The van der Waals surface area contributed by atoms with Gasteiger partial charge in [0.25, 0.3) is 0 Å². The van der Waals surface area contributed by atoms with Crippen molar-refractivity contribution in [3.05, 3.63) is 27.5 Å². The van der Waals surface area contributed by atoms with Crippen molar-refractivity contribution in [1.29, 1.82) is 0 Å². The molecule has 104 valence electrons. The van der Waals surface area contributed by atoms with E-state index in [9.17, 15) is 4.79 Å². The van der Waals surface area contributed by atoms with Crippen LogP contribution in [0.5, 0.6) is 0 Å². The van der Waals surface area contributed by atoms with Crippen LogP contribution in [0, 0.1) is 3.57 Å². The molecule has 0 amide bonds. The zero-order chi connectivity index (χ0) is 14.5. The molecule has 6 heteroatoms. The van der Waals surface area contributed by atoms with Gasteiger partial charge in [0, 0.05) is 24.4 Å². The van der Waals surface area contributed by atoms with Gasteiger partial charge in [-0.3, -0.25) is 0 Å². The molecule has 0 aliphatic carbocycles. The Balaban J connectivity index is 2.65. The SMILES string of the molecule is CC(C)(N)CCNc1ncc(/C=C/C(=O)O)cc1I. The monoisotopic (exact) mass is 375 g/mol. The maximum Gasteiger partial charge on any atom is 0.328 e. The minimum absolute atomic E-state index is 0.206. The van der Waals surface area contributed by atoms with E-state index in [1.165, 1.54) is 6.08 Å². The molecule has 0 unspecified atom stereocenters. The summed E-state index contributed by atoms with van der Waals surface area (Å²) in [6, 6.07) is 1.88. The average Bonchev–Trinajstić information content (AvgIpc) is 2.27. The largest absolute Gasteiger partial charge is 0.478 e. The fraction of sp³-hybridized carbons (Fsp3) is 0.385. The van der Waals surface area contributed by atoms with Crippen molar-refractivity contribution in [3.8, 4) is 0 Å². The normalized spacial score (nSPS) is 11.8. The second kappa shape index (κ2) is 6.85. The van der Waals surface area contributed by atoms with Crippen LogP contribution in [0.25, 0.3) is 6.08 Å². The van der Waals surface area contributed by atoms with Crippen LogP contribution in [-0.2, 0) is 4.79 Å². The highest BCUT2D eigenvalue weighted by atomic mass is 127. The quantitative estimate of drug-likeness (QED) is 0.525. The zero-order valence-corrected chi connectivity index (χ0v) is 13.1. The van der Waals surface area contributed by atoms with Crippen LogP contribution in [0.15, 0.2) is 18.3 Å². The highest BCUT2D eigenvalue weighted by Gasteiger charge is 2.10. The number of hydrogen-bond acceptors (Lipinski definition) is 4. The van der Waals surface area contributed by atoms with E-state index in [1.54, 1.807) is 6.20 Å². The Kier molecular flexibility index (Phi) is 5.74. The van der Waals surface area contributed by atoms with Crippen LogP contribution in [0.3, 0.4) is 0 Å². The zero-order valence-electron chi connectivity index (χ0n) is 11.0. The summed E-state index contributed by atoms with van der Waals surface area (Å²) in [5.41, 5.74) is 6.46. The first kappa shape index (κ1) is 15.9. The number of halogens is 1. The maximum atomic E-state index is 10.4. The van der Waals surface area contributed by atoms with E-state index in [0.29, 0.717) is 0 Å². The summed E-state index contributed by atoms with van der Waals surface area (Å²) < 4.78 is 0.944. The Bertz CT molecular complexity index is 481. The number of rotatable bonds is 6. The molecule has 0 aromatic carbocycles. The third-order valence-corrected chi connectivity index (χ3v) is 3.16. The molecular weight excluding hydrogens is 357 g/mol. The number of aliphatic carboxylic acids is 1. The summed E-state index contributed by atoms with van der Waals surface area (Å²) in [5.74, 6) is -0.181. The van der Waals surface area contributed by atoms with E-state index in [-0.39, 0.29) is 5.54 Å². The standard InChI is InChI=1S/C13H18IN3O2/c1-13(2,15)5-6-16-12-10(14)7-9(8-17-12)3-4-11(18)19/h3-4,7-8H,5-6,15H2,1-2H3,(H,16,17)(H,18,19)/b4-3+. The van der Waals surface area contributed by atoms with E-state index in [2.05, 4.69) is 32.9 Å². The van der Waals surface area contributed by atoms with Crippen molar-refractivity contribution >= 4 is 40.5 Å². The summed E-state index contributed by atoms with van der Waals surface area (Å²) >= 11 is 2.17. The molecule has 1 aromatic rings. The summed E-state index contributed by atoms with van der Waals surface area (Å²) in [4.78, 5) is 14.7. The molecule has 0 saturated heterocycles. The first-order valence-electron chi connectivity index (χ1n) is 5.87. The summed E-state index contributed by atoms with van der Waals surface area (Å²) in [6.07, 6.45) is 5.09. The fourth-order valence-corrected chi connectivity index (χ4v) is 2.03. The molecule has 5 nitrogen and oxygen atoms in total. The third kappa shape index (κ3) is 6.53. The van der Waals surface area contributed by atoms with Crippen LogP contribution in [0.4, 0.5) is 5.82 Å². The van der Waals surface area contributed by atoms with E-state index in [4.69, 9.17) is 10.8 Å². The predicted molar refractivity (Wildman–Crippen MR) is 85.0 cm³/mol. The number of nitrogens with two attached hydrogens (primary N) is 1. The van der Waals surface area contributed by atoms with Crippen molar-refractivity contribution < 1.29 is 9.90 Å². The van der Waals surface area contributed by atoms with Crippen LogP contribution in [0.2, 0.25) is 0 Å². The Hall–Kier alpha value is -1.15. The Morgan fingerprint density at radius 2 is 2.32 bits per heavy atom. The second-order valence-electron chi connectivity index (χ2n) is 4.94. The Morgan fingerprint density at radius 3 is 2.84 bits per heavy atom. The van der Waals surface area contributed by atoms with Crippen molar-refractivity contribution in [2.75, 3.05) is 11.9 Å². The molecule has 19 heavy (non-hydrogen) atoms. The van der Waals surface area contributed by atoms with Crippen LogP contribution in [-0.4, -0.2) is 28.1 Å². The van der Waals surface area contributed by atoms with Gasteiger partial charge in [-0.1, -0.05) is 0 Å². The van der Waals surface area contributed by atoms with Crippen LogP contribution < -0.4 is 11.1 Å². The van der Waals surface area contributed by atoms with Crippen LogP contribution >= 0.6 is 22.6 Å². The third-order valence-electron chi connectivity index (χ3n) is 2.34. The minimum Gasteiger partial charge on any atom is -0.478 e. The lowest BCUT2D eigenvalue weighted by atomic mass is 10.0. The van der Waals surface area contributed by atoms with Gasteiger partial charge in [0.15, 0.2) is 0 Å². The van der Waals surface area contributed by atoms with Crippen LogP contribution in [0.1, 0.15) is 25.8 Å². The van der Waals surface area contributed by atoms with Crippen molar-refractivity contribution in [1.82, 2.24) is 4.98 Å². The van der Waals surface area contributed by atoms with Crippen molar-refractivity contribution in [3.63, 3.8) is 0 Å². The summed E-state index contributed by atoms with van der Waals surface area (Å²) in [5, 5.41) is 11.8. The van der Waals surface area contributed by atoms with Gasteiger partial charge in [0.2, 0.25) is 0 Å². The van der Waals surface area contributed by atoms with Gasteiger partial charge in [0.1, 0.15) is 5.82 Å². The molecule has 1 heterocycles. The molecule has 0 aliphatic heterocycles. The molecule has 0 atom stereocenters.